The monoisotopic (exact) mass is 408 g/mol. The van der Waals surface area contributed by atoms with Gasteiger partial charge >= 0.3 is 0 Å². The number of rotatable bonds is 10. The van der Waals surface area contributed by atoms with E-state index < -0.39 is 0 Å². The first-order valence-electron chi connectivity index (χ1n) is 10.2. The van der Waals surface area contributed by atoms with Crippen molar-refractivity contribution in [1.82, 2.24) is 0 Å². The van der Waals surface area contributed by atoms with Gasteiger partial charge in [-0.1, -0.05) is 36.1 Å². The van der Waals surface area contributed by atoms with Crippen LogP contribution in [0.15, 0.2) is 64.9 Å². The Morgan fingerprint density at radius 2 is 2.03 bits per heavy atom. The van der Waals surface area contributed by atoms with Crippen LogP contribution >= 0.6 is 11.3 Å². The average molecular weight is 409 g/mol. The van der Waals surface area contributed by atoms with E-state index in [9.17, 15) is 5.11 Å². The zero-order valence-electron chi connectivity index (χ0n) is 17.8. The summed E-state index contributed by atoms with van der Waals surface area (Å²) in [6.45, 7) is 7.09. The normalized spacial score (nSPS) is 12.1. The first kappa shape index (κ1) is 23.0. The summed E-state index contributed by atoms with van der Waals surface area (Å²) in [5.41, 5.74) is 3.50. The van der Waals surface area contributed by atoms with E-state index in [1.54, 1.807) is 11.3 Å². The molecule has 0 spiro atoms. The lowest BCUT2D eigenvalue weighted by Crippen LogP contribution is -1.98. The summed E-state index contributed by atoms with van der Waals surface area (Å²) in [6, 6.07) is 10.4. The van der Waals surface area contributed by atoms with E-state index in [-0.39, 0.29) is 12.0 Å². The van der Waals surface area contributed by atoms with Crippen molar-refractivity contribution in [3.8, 4) is 28.7 Å². The maximum atomic E-state index is 9.51. The van der Waals surface area contributed by atoms with Gasteiger partial charge in [0.05, 0.1) is 13.2 Å². The molecule has 154 valence electrons. The molecule has 1 aromatic heterocycles. The van der Waals surface area contributed by atoms with Crippen molar-refractivity contribution in [2.24, 2.45) is 5.41 Å². The zero-order valence-corrected chi connectivity index (χ0v) is 18.6. The minimum Gasteiger partial charge on any atom is -0.494 e. The van der Waals surface area contributed by atoms with Crippen LogP contribution in [-0.2, 0) is 0 Å². The van der Waals surface area contributed by atoms with E-state index in [1.807, 2.05) is 24.3 Å². The van der Waals surface area contributed by atoms with Crippen LogP contribution in [-0.4, -0.2) is 18.3 Å². The Hall–Kier alpha value is -2.28. The number of benzene rings is 1. The summed E-state index contributed by atoms with van der Waals surface area (Å²) in [5, 5.41) is 13.7. The summed E-state index contributed by atoms with van der Waals surface area (Å²) in [4.78, 5) is 0. The smallest absolute Gasteiger partial charge is 0.119 e. The van der Waals surface area contributed by atoms with Gasteiger partial charge in [0.15, 0.2) is 0 Å². The summed E-state index contributed by atoms with van der Waals surface area (Å²) in [6.07, 6.45) is 9.78. The Morgan fingerprint density at radius 1 is 1.17 bits per heavy atom. The molecule has 0 saturated heterocycles. The summed E-state index contributed by atoms with van der Waals surface area (Å²) in [7, 11) is 0. The lowest BCUT2D eigenvalue weighted by molar-refractivity contribution is 0.307. The number of allylic oxidation sites excluding steroid dienone is 3. The molecule has 0 amide bonds. The van der Waals surface area contributed by atoms with Crippen LogP contribution in [0.25, 0.3) is 11.1 Å². The molecule has 2 rings (SSSR count). The van der Waals surface area contributed by atoms with Crippen LogP contribution in [0, 0.1) is 17.3 Å². The van der Waals surface area contributed by atoms with Crippen LogP contribution in [0.4, 0.5) is 0 Å². The molecule has 2 nitrogen and oxygen atoms in total. The van der Waals surface area contributed by atoms with E-state index in [4.69, 9.17) is 4.74 Å². The van der Waals surface area contributed by atoms with E-state index >= 15 is 0 Å². The molecule has 1 heterocycles. The van der Waals surface area contributed by atoms with Crippen LogP contribution in [0.1, 0.15) is 46.5 Å². The van der Waals surface area contributed by atoms with Crippen molar-refractivity contribution in [2.45, 2.75) is 46.5 Å². The van der Waals surface area contributed by atoms with Crippen LogP contribution in [0.3, 0.4) is 0 Å². The van der Waals surface area contributed by atoms with Crippen molar-refractivity contribution in [3.05, 3.63) is 64.9 Å². The number of thiophene rings is 1. The lowest BCUT2D eigenvalue weighted by atomic mass is 9.98. The molecule has 0 bridgehead atoms. The Morgan fingerprint density at radius 3 is 2.76 bits per heavy atom. The number of aliphatic hydroxyl groups is 1. The second kappa shape index (κ2) is 12.3. The van der Waals surface area contributed by atoms with Crippen LogP contribution in [0.5, 0.6) is 5.75 Å². The molecule has 0 unspecified atom stereocenters. The molecule has 0 radical (unpaired) electrons. The van der Waals surface area contributed by atoms with Crippen molar-refractivity contribution >= 4 is 11.3 Å². The van der Waals surface area contributed by atoms with Gasteiger partial charge in [-0.2, -0.15) is 11.3 Å². The van der Waals surface area contributed by atoms with E-state index in [2.05, 4.69) is 67.6 Å². The largest absolute Gasteiger partial charge is 0.494 e. The molecule has 3 heteroatoms. The molecular weight excluding hydrogens is 376 g/mol. The fourth-order valence-electron chi connectivity index (χ4n) is 2.68. The highest BCUT2D eigenvalue weighted by atomic mass is 32.1. The zero-order chi connectivity index (χ0) is 21.0. The fraction of sp³-hybridized carbons (Fsp3) is 0.385. The van der Waals surface area contributed by atoms with Gasteiger partial charge in [0.2, 0.25) is 0 Å². The SMILES string of the molecule is CC(C)(C)C#C/C=C/C/C(=C\CCCCOc1cccc(-c2ccsc2)c1)CO. The van der Waals surface area contributed by atoms with Gasteiger partial charge in [-0.3, -0.25) is 0 Å². The Balaban J connectivity index is 1.68. The molecule has 29 heavy (non-hydrogen) atoms. The molecule has 0 aliphatic rings. The predicted octanol–water partition coefficient (Wildman–Crippen LogP) is 6.88. The van der Waals surface area contributed by atoms with Gasteiger partial charge in [-0.05, 0) is 98.2 Å². The van der Waals surface area contributed by atoms with Gasteiger partial charge in [0, 0.05) is 5.41 Å². The van der Waals surface area contributed by atoms with E-state index in [1.165, 1.54) is 11.1 Å². The molecule has 0 aliphatic carbocycles. The first-order chi connectivity index (χ1) is 14.0. The van der Waals surface area contributed by atoms with Crippen molar-refractivity contribution < 1.29 is 9.84 Å². The van der Waals surface area contributed by atoms with E-state index in [0.717, 1.165) is 37.0 Å². The Labute approximate surface area is 179 Å². The number of unbranched alkanes of at least 4 members (excludes halogenated alkanes) is 2. The molecule has 0 saturated carbocycles. The maximum absolute atomic E-state index is 9.51. The van der Waals surface area contributed by atoms with Gasteiger partial charge in [-0.25, -0.2) is 0 Å². The van der Waals surface area contributed by atoms with Gasteiger partial charge in [0.1, 0.15) is 5.75 Å². The minimum absolute atomic E-state index is 0.0211. The molecule has 0 atom stereocenters. The maximum Gasteiger partial charge on any atom is 0.119 e. The molecule has 1 N–H and O–H groups in total. The fourth-order valence-corrected chi connectivity index (χ4v) is 3.34. The second-order valence-electron chi connectivity index (χ2n) is 8.03. The quantitative estimate of drug-likeness (QED) is 0.264. The molecule has 1 aromatic carbocycles. The third-order valence-corrected chi connectivity index (χ3v) is 4.90. The summed E-state index contributed by atoms with van der Waals surface area (Å²) in [5.74, 6) is 7.15. The number of hydrogen-bond acceptors (Lipinski definition) is 3. The molecule has 0 aliphatic heterocycles. The summed E-state index contributed by atoms with van der Waals surface area (Å²) < 4.78 is 5.90. The number of aliphatic hydroxyl groups excluding tert-OH is 1. The molecule has 2 aromatic rings. The van der Waals surface area contributed by atoms with Crippen LogP contribution < -0.4 is 4.74 Å². The van der Waals surface area contributed by atoms with E-state index in [0.29, 0.717) is 6.61 Å². The van der Waals surface area contributed by atoms with Gasteiger partial charge < -0.3 is 9.84 Å². The highest BCUT2D eigenvalue weighted by Gasteiger charge is 2.02. The van der Waals surface area contributed by atoms with Crippen molar-refractivity contribution in [3.63, 3.8) is 0 Å². The highest BCUT2D eigenvalue weighted by Crippen LogP contribution is 2.25. The van der Waals surface area contributed by atoms with Gasteiger partial charge in [-0.15, -0.1) is 0 Å². The average Bonchev–Trinajstić information content (AvgIpc) is 3.23. The first-order valence-corrected chi connectivity index (χ1v) is 11.1. The van der Waals surface area contributed by atoms with Gasteiger partial charge in [0.25, 0.3) is 0 Å². The Kier molecular flexibility index (Phi) is 9.77. The number of ether oxygens (including phenoxy) is 1. The predicted molar refractivity (Wildman–Crippen MR) is 125 cm³/mol. The van der Waals surface area contributed by atoms with Crippen molar-refractivity contribution in [2.75, 3.05) is 13.2 Å². The third kappa shape index (κ3) is 9.65. The number of hydrogen-bond donors (Lipinski definition) is 1. The molecule has 0 fully saturated rings. The standard InChI is InChI=1S/C26H32O2S/c1-26(2,3)16-8-4-6-11-22(20-27)12-7-5-9-17-28-25-14-10-13-23(19-25)24-15-18-29-21-24/h4,6,10,12-15,18-19,21,27H,5,7,9,11,17,20H2,1-3H3/b6-4+,22-12+. The lowest BCUT2D eigenvalue weighted by Gasteiger charge is -2.07. The Bertz CT molecular complexity index is 843. The second-order valence-corrected chi connectivity index (χ2v) is 8.81. The molecular formula is C26H32O2S. The minimum atomic E-state index is 0.0211. The topological polar surface area (TPSA) is 29.5 Å². The van der Waals surface area contributed by atoms with Crippen molar-refractivity contribution in [1.29, 1.82) is 0 Å². The summed E-state index contributed by atoms with van der Waals surface area (Å²) >= 11 is 1.70. The highest BCUT2D eigenvalue weighted by molar-refractivity contribution is 7.08. The van der Waals surface area contributed by atoms with Crippen LogP contribution in [0.2, 0.25) is 0 Å². The third-order valence-electron chi connectivity index (χ3n) is 4.22.